The minimum absolute atomic E-state index is 0.259. The zero-order chi connectivity index (χ0) is 23.7. The summed E-state index contributed by atoms with van der Waals surface area (Å²) in [6, 6.07) is 19.6. The van der Waals surface area contributed by atoms with E-state index in [1.807, 2.05) is 60.7 Å². The molecule has 2 saturated heterocycles. The number of azide groups is 1. The molecule has 3 heterocycles. The van der Waals surface area contributed by atoms with Crippen molar-refractivity contribution in [3.63, 3.8) is 0 Å². The molecule has 3 atom stereocenters. The third kappa shape index (κ3) is 3.93. The number of ether oxygens (including phenoxy) is 1. The number of hydrogen-bond donors (Lipinski definition) is 1. The van der Waals surface area contributed by atoms with Crippen molar-refractivity contribution in [2.24, 2.45) is 5.11 Å². The fraction of sp³-hybridized carbons (Fsp3) is 0.333. The van der Waals surface area contributed by atoms with E-state index in [0.717, 1.165) is 24.5 Å². The number of nitrogens with zero attached hydrogens (tertiary/aromatic N) is 6. The predicted molar refractivity (Wildman–Crippen MR) is 129 cm³/mol. The smallest absolute Gasteiger partial charge is 0.330 e. The topological polar surface area (TPSA) is 119 Å². The van der Waals surface area contributed by atoms with Crippen molar-refractivity contribution in [1.29, 1.82) is 0 Å². The highest BCUT2D eigenvalue weighted by atomic mass is 16.5. The van der Waals surface area contributed by atoms with Gasteiger partial charge in [0.25, 0.3) is 5.56 Å². The SMILES string of the molecule is Cc1cn([C@H]2C[C@H](N=[N+]=[N-])[C@@H](C3N(c4ccccc4)CCN3c3ccccc3)O2)c(=O)[nH]c1=O. The van der Waals surface area contributed by atoms with Crippen molar-refractivity contribution >= 4 is 11.4 Å². The first-order valence-corrected chi connectivity index (χ1v) is 11.2. The van der Waals surface area contributed by atoms with Crippen molar-refractivity contribution in [1.82, 2.24) is 9.55 Å². The Morgan fingerprint density at radius 2 is 1.59 bits per heavy atom. The van der Waals surface area contributed by atoms with Gasteiger partial charge in [-0.1, -0.05) is 41.5 Å². The summed E-state index contributed by atoms with van der Waals surface area (Å²) < 4.78 is 7.85. The van der Waals surface area contributed by atoms with Gasteiger partial charge >= 0.3 is 5.69 Å². The molecule has 0 amide bonds. The van der Waals surface area contributed by atoms with E-state index in [2.05, 4.69) is 24.8 Å². The number of H-pyrrole nitrogens is 1. The van der Waals surface area contributed by atoms with Crippen LogP contribution < -0.4 is 21.0 Å². The summed E-state index contributed by atoms with van der Waals surface area (Å²) in [5, 5.41) is 4.07. The van der Waals surface area contributed by atoms with Crippen LogP contribution in [0.25, 0.3) is 10.4 Å². The van der Waals surface area contributed by atoms with E-state index in [-0.39, 0.29) is 6.17 Å². The lowest BCUT2D eigenvalue weighted by molar-refractivity contribution is -0.0129. The fourth-order valence-corrected chi connectivity index (χ4v) is 4.90. The Balaban J connectivity index is 1.56. The fourth-order valence-electron chi connectivity index (χ4n) is 4.90. The minimum Gasteiger partial charge on any atom is -0.350 e. The summed E-state index contributed by atoms with van der Waals surface area (Å²) in [5.41, 5.74) is 10.8. The molecule has 2 fully saturated rings. The normalized spacial score (nSPS) is 22.7. The van der Waals surface area contributed by atoms with Crippen LogP contribution in [0.4, 0.5) is 11.4 Å². The largest absolute Gasteiger partial charge is 0.350 e. The molecule has 10 nitrogen and oxygen atoms in total. The summed E-state index contributed by atoms with van der Waals surface area (Å²) in [4.78, 5) is 34.3. The van der Waals surface area contributed by atoms with Crippen LogP contribution in [0.5, 0.6) is 0 Å². The first kappa shape index (κ1) is 21.8. The highest BCUT2D eigenvalue weighted by Crippen LogP contribution is 2.39. The Hall–Kier alpha value is -4.01. The molecule has 1 N–H and O–H groups in total. The summed E-state index contributed by atoms with van der Waals surface area (Å²) in [7, 11) is 0. The van der Waals surface area contributed by atoms with Gasteiger partial charge < -0.3 is 14.5 Å². The second kappa shape index (κ2) is 9.09. The number of nitrogens with one attached hydrogen (secondary N) is 1. The molecule has 1 aromatic heterocycles. The average Bonchev–Trinajstić information content (AvgIpc) is 3.47. The first-order chi connectivity index (χ1) is 16.6. The van der Waals surface area contributed by atoms with Gasteiger partial charge in [-0.15, -0.1) is 0 Å². The molecule has 0 bridgehead atoms. The second-order valence-corrected chi connectivity index (χ2v) is 8.51. The number of para-hydroxylation sites is 2. The van der Waals surface area contributed by atoms with Crippen molar-refractivity contribution in [3.8, 4) is 0 Å². The lowest BCUT2D eigenvalue weighted by Gasteiger charge is -2.38. The van der Waals surface area contributed by atoms with Gasteiger partial charge in [-0.05, 0) is 36.7 Å². The van der Waals surface area contributed by atoms with E-state index in [9.17, 15) is 15.1 Å². The summed E-state index contributed by atoms with van der Waals surface area (Å²) in [5.74, 6) is 0. The molecule has 34 heavy (non-hydrogen) atoms. The van der Waals surface area contributed by atoms with E-state index >= 15 is 0 Å². The molecule has 2 aliphatic heterocycles. The van der Waals surface area contributed by atoms with Gasteiger partial charge in [-0.3, -0.25) is 14.3 Å². The van der Waals surface area contributed by atoms with Crippen LogP contribution in [-0.2, 0) is 4.74 Å². The molecule has 2 aliphatic rings. The van der Waals surface area contributed by atoms with Crippen molar-refractivity contribution < 1.29 is 4.74 Å². The second-order valence-electron chi connectivity index (χ2n) is 8.51. The van der Waals surface area contributed by atoms with E-state index < -0.39 is 29.6 Å². The van der Waals surface area contributed by atoms with Gasteiger partial charge in [0.2, 0.25) is 0 Å². The maximum Gasteiger partial charge on any atom is 0.330 e. The highest BCUT2D eigenvalue weighted by molar-refractivity contribution is 5.57. The number of hydrogen-bond acceptors (Lipinski definition) is 6. The van der Waals surface area contributed by atoms with Crippen LogP contribution in [0.2, 0.25) is 0 Å². The predicted octanol–water partition coefficient (Wildman–Crippen LogP) is 3.16. The third-order valence-electron chi connectivity index (χ3n) is 6.48. The Labute approximate surface area is 195 Å². The molecule has 0 aliphatic carbocycles. The van der Waals surface area contributed by atoms with E-state index in [1.54, 1.807) is 6.92 Å². The molecule has 5 rings (SSSR count). The molecule has 10 heteroatoms. The molecule has 0 saturated carbocycles. The van der Waals surface area contributed by atoms with Gasteiger partial charge in [0.15, 0.2) is 0 Å². The molecule has 0 radical (unpaired) electrons. The van der Waals surface area contributed by atoms with E-state index in [1.165, 1.54) is 10.8 Å². The molecule has 0 spiro atoms. The monoisotopic (exact) mass is 459 g/mol. The standard InChI is InChI=1S/C24H25N7O3/c1-16-15-31(24(33)26-22(16)32)20-14-19(27-28-25)21(34-20)23-29(17-8-4-2-5-9-17)12-13-30(23)18-10-6-3-7-11-18/h2-11,15,19-21,23H,12-14H2,1H3,(H,26,32,33)/t19-,20+,21-/m0/s1. The van der Waals surface area contributed by atoms with E-state index in [0.29, 0.717) is 12.0 Å². The zero-order valence-corrected chi connectivity index (χ0v) is 18.7. The number of rotatable bonds is 5. The lowest BCUT2D eigenvalue weighted by atomic mass is 10.1. The zero-order valence-electron chi connectivity index (χ0n) is 18.7. The van der Waals surface area contributed by atoms with E-state index in [4.69, 9.17) is 4.74 Å². The van der Waals surface area contributed by atoms with Gasteiger partial charge in [-0.25, -0.2) is 4.79 Å². The maximum atomic E-state index is 12.5. The number of benzene rings is 2. The van der Waals surface area contributed by atoms with Gasteiger partial charge in [-0.2, -0.15) is 0 Å². The Bertz CT molecular complexity index is 1270. The summed E-state index contributed by atoms with van der Waals surface area (Å²) >= 11 is 0. The maximum absolute atomic E-state index is 12.5. The van der Waals surface area contributed by atoms with Crippen LogP contribution in [0, 0.1) is 6.92 Å². The number of aromatic nitrogens is 2. The Kier molecular flexibility index (Phi) is 5.83. The number of aromatic amines is 1. The average molecular weight is 460 g/mol. The lowest BCUT2D eigenvalue weighted by Crippen LogP contribution is -2.51. The number of anilines is 2. The first-order valence-electron chi connectivity index (χ1n) is 11.2. The molecule has 2 aromatic carbocycles. The van der Waals surface area contributed by atoms with Crippen LogP contribution in [0.3, 0.4) is 0 Å². The summed E-state index contributed by atoms with van der Waals surface area (Å²) in [6.07, 6.45) is 0.383. The van der Waals surface area contributed by atoms with Crippen LogP contribution in [-0.4, -0.2) is 41.0 Å². The molecule has 3 aromatic rings. The minimum atomic E-state index is -0.667. The Morgan fingerprint density at radius 3 is 2.15 bits per heavy atom. The molecule has 174 valence electrons. The molecular weight excluding hydrogens is 434 g/mol. The van der Waals surface area contributed by atoms with Gasteiger partial charge in [0, 0.05) is 47.6 Å². The highest BCUT2D eigenvalue weighted by Gasteiger charge is 2.48. The number of aryl methyl sites for hydroxylation is 1. The van der Waals surface area contributed by atoms with Crippen LogP contribution in [0.1, 0.15) is 18.2 Å². The molecular formula is C24H25N7O3. The third-order valence-corrected chi connectivity index (χ3v) is 6.48. The van der Waals surface area contributed by atoms with Crippen molar-refractivity contribution in [2.45, 2.75) is 37.9 Å². The Morgan fingerprint density at radius 1 is 1.00 bits per heavy atom. The van der Waals surface area contributed by atoms with Crippen LogP contribution in [0.15, 0.2) is 81.6 Å². The van der Waals surface area contributed by atoms with Gasteiger partial charge in [0.05, 0.1) is 6.04 Å². The van der Waals surface area contributed by atoms with Gasteiger partial charge in [0.1, 0.15) is 18.5 Å². The quantitative estimate of drug-likeness (QED) is 0.357. The summed E-state index contributed by atoms with van der Waals surface area (Å²) in [6.45, 7) is 3.15. The molecule has 0 unspecified atom stereocenters. The van der Waals surface area contributed by atoms with Crippen molar-refractivity contribution in [2.75, 3.05) is 22.9 Å². The van der Waals surface area contributed by atoms with Crippen LogP contribution >= 0.6 is 0 Å². The van der Waals surface area contributed by atoms with Crippen molar-refractivity contribution in [3.05, 3.63) is 104 Å².